The molecule has 30 heavy (non-hydrogen) atoms. The molecule has 5 nitrogen and oxygen atoms in total. The van der Waals surface area contributed by atoms with Crippen molar-refractivity contribution >= 4 is 20.7 Å². The number of benzene rings is 3. The number of fused-ring (bicyclic) bond motifs is 1. The third-order valence-electron chi connectivity index (χ3n) is 4.86. The van der Waals surface area contributed by atoms with Gasteiger partial charge in [-0.3, -0.25) is 4.79 Å². The lowest BCUT2D eigenvalue weighted by Crippen LogP contribution is -2.19. The number of hydrogen-bond acceptors (Lipinski definition) is 4. The van der Waals surface area contributed by atoms with Gasteiger partial charge in [0.05, 0.1) is 22.9 Å². The van der Waals surface area contributed by atoms with Crippen LogP contribution < -0.4 is 10.2 Å². The van der Waals surface area contributed by atoms with Gasteiger partial charge in [0, 0.05) is 12.7 Å². The van der Waals surface area contributed by atoms with Gasteiger partial charge in [0.25, 0.3) is 0 Å². The van der Waals surface area contributed by atoms with E-state index in [4.69, 9.17) is 4.74 Å². The molecular formula is C23H18FNO4S. The summed E-state index contributed by atoms with van der Waals surface area (Å²) in [7, 11) is -2.56. The van der Waals surface area contributed by atoms with Gasteiger partial charge in [-0.15, -0.1) is 0 Å². The van der Waals surface area contributed by atoms with Gasteiger partial charge in [-0.05, 0) is 48.0 Å². The Labute approximate surface area is 172 Å². The highest BCUT2D eigenvalue weighted by Crippen LogP contribution is 2.24. The molecule has 0 N–H and O–H groups in total. The standard InChI is InChI=1S/C23H18FNO4S/c1-29-18-11-12-21-20(13-18)23(26)22(30(27,28)19-5-3-2-4-6-19)15-25(21)14-16-7-9-17(24)10-8-16/h2-13,15H,14H2,1H3. The minimum Gasteiger partial charge on any atom is -0.497 e. The fourth-order valence-corrected chi connectivity index (χ4v) is 4.70. The maximum Gasteiger partial charge on any atom is 0.211 e. The number of nitrogens with zero attached hydrogens (tertiary/aromatic N) is 1. The lowest BCUT2D eigenvalue weighted by atomic mass is 10.1. The van der Waals surface area contributed by atoms with Crippen molar-refractivity contribution in [2.45, 2.75) is 16.3 Å². The van der Waals surface area contributed by atoms with E-state index in [1.54, 1.807) is 47.0 Å². The predicted molar refractivity (Wildman–Crippen MR) is 112 cm³/mol. The largest absolute Gasteiger partial charge is 0.497 e. The molecule has 0 fully saturated rings. The van der Waals surface area contributed by atoms with Gasteiger partial charge in [-0.2, -0.15) is 0 Å². The van der Waals surface area contributed by atoms with Crippen LogP contribution in [0, 0.1) is 5.82 Å². The van der Waals surface area contributed by atoms with Gasteiger partial charge in [0.2, 0.25) is 15.3 Å². The number of ether oxygens (including phenoxy) is 1. The van der Waals surface area contributed by atoms with Crippen LogP contribution in [0.3, 0.4) is 0 Å². The van der Waals surface area contributed by atoms with Crippen LogP contribution in [0.2, 0.25) is 0 Å². The molecule has 0 aliphatic rings. The van der Waals surface area contributed by atoms with Crippen LogP contribution in [0.4, 0.5) is 4.39 Å². The van der Waals surface area contributed by atoms with Crippen LogP contribution in [-0.2, 0) is 16.4 Å². The highest BCUT2D eigenvalue weighted by Gasteiger charge is 2.24. The predicted octanol–water partition coefficient (Wildman–Crippen LogP) is 4.03. The number of halogens is 1. The van der Waals surface area contributed by atoms with Crippen molar-refractivity contribution in [3.63, 3.8) is 0 Å². The molecule has 0 bridgehead atoms. The smallest absolute Gasteiger partial charge is 0.211 e. The molecule has 4 aromatic rings. The molecule has 0 atom stereocenters. The van der Waals surface area contributed by atoms with Crippen LogP contribution in [0.25, 0.3) is 10.9 Å². The van der Waals surface area contributed by atoms with E-state index >= 15 is 0 Å². The second-order valence-corrected chi connectivity index (χ2v) is 8.69. The molecule has 0 saturated carbocycles. The highest BCUT2D eigenvalue weighted by molar-refractivity contribution is 7.91. The maximum absolute atomic E-state index is 13.3. The van der Waals surface area contributed by atoms with E-state index in [0.717, 1.165) is 5.56 Å². The molecule has 0 unspecified atom stereocenters. The average Bonchev–Trinajstić information content (AvgIpc) is 2.77. The SMILES string of the molecule is COc1ccc2c(c1)c(=O)c(S(=O)(=O)c1ccccc1)cn2Cc1ccc(F)cc1. The molecule has 4 rings (SSSR count). The summed E-state index contributed by atoms with van der Waals surface area (Å²) in [6, 6.07) is 18.7. The Morgan fingerprint density at radius 2 is 1.67 bits per heavy atom. The first-order chi connectivity index (χ1) is 14.4. The summed E-state index contributed by atoms with van der Waals surface area (Å²) in [4.78, 5) is 12.9. The number of pyridine rings is 1. The van der Waals surface area contributed by atoms with Crippen LogP contribution in [-0.4, -0.2) is 20.1 Å². The molecule has 0 aliphatic heterocycles. The van der Waals surface area contributed by atoms with Crippen molar-refractivity contribution in [1.82, 2.24) is 4.57 Å². The van der Waals surface area contributed by atoms with Crippen molar-refractivity contribution in [2.75, 3.05) is 7.11 Å². The van der Waals surface area contributed by atoms with Crippen molar-refractivity contribution in [3.8, 4) is 5.75 Å². The van der Waals surface area contributed by atoms with Gasteiger partial charge in [-0.1, -0.05) is 30.3 Å². The summed E-state index contributed by atoms with van der Waals surface area (Å²) >= 11 is 0. The normalized spacial score (nSPS) is 11.5. The van der Waals surface area contributed by atoms with Crippen LogP contribution in [0.15, 0.2) is 93.6 Å². The Hall–Kier alpha value is -3.45. The van der Waals surface area contributed by atoms with E-state index in [1.165, 1.54) is 43.6 Å². The van der Waals surface area contributed by atoms with E-state index in [1.807, 2.05) is 0 Å². The number of sulfone groups is 1. The van der Waals surface area contributed by atoms with Gasteiger partial charge >= 0.3 is 0 Å². The second-order valence-electron chi connectivity index (χ2n) is 6.78. The maximum atomic E-state index is 13.3. The summed E-state index contributed by atoms with van der Waals surface area (Å²) in [5.74, 6) is 0.0859. The third kappa shape index (κ3) is 3.59. The Balaban J connectivity index is 1.98. The molecule has 1 heterocycles. The van der Waals surface area contributed by atoms with E-state index in [2.05, 4.69) is 0 Å². The van der Waals surface area contributed by atoms with E-state index in [-0.39, 0.29) is 27.5 Å². The third-order valence-corrected chi connectivity index (χ3v) is 6.63. The van der Waals surface area contributed by atoms with E-state index < -0.39 is 15.3 Å². The topological polar surface area (TPSA) is 65.4 Å². The van der Waals surface area contributed by atoms with Crippen molar-refractivity contribution in [3.05, 3.63) is 101 Å². The first-order valence-corrected chi connectivity index (χ1v) is 10.6. The average molecular weight is 423 g/mol. The fraction of sp³-hybridized carbons (Fsp3) is 0.0870. The van der Waals surface area contributed by atoms with Crippen molar-refractivity contribution < 1.29 is 17.5 Å². The zero-order valence-corrected chi connectivity index (χ0v) is 16.9. The van der Waals surface area contributed by atoms with E-state index in [0.29, 0.717) is 11.3 Å². The van der Waals surface area contributed by atoms with Crippen molar-refractivity contribution in [1.29, 1.82) is 0 Å². The van der Waals surface area contributed by atoms with E-state index in [9.17, 15) is 17.6 Å². The Morgan fingerprint density at radius 3 is 2.33 bits per heavy atom. The molecule has 0 radical (unpaired) electrons. The van der Waals surface area contributed by atoms with Gasteiger partial charge in [-0.25, -0.2) is 12.8 Å². The summed E-state index contributed by atoms with van der Waals surface area (Å²) < 4.78 is 46.6. The highest BCUT2D eigenvalue weighted by atomic mass is 32.2. The molecule has 0 aliphatic carbocycles. The summed E-state index contributed by atoms with van der Waals surface area (Å²) in [6.07, 6.45) is 1.35. The zero-order valence-electron chi connectivity index (χ0n) is 16.1. The number of aromatic nitrogens is 1. The molecule has 1 aromatic heterocycles. The minimum atomic E-state index is -4.04. The van der Waals surface area contributed by atoms with Crippen LogP contribution in [0.1, 0.15) is 5.56 Å². The minimum absolute atomic E-state index is 0.0395. The van der Waals surface area contributed by atoms with Crippen LogP contribution in [0.5, 0.6) is 5.75 Å². The molecule has 152 valence electrons. The number of hydrogen-bond donors (Lipinski definition) is 0. The lowest BCUT2D eigenvalue weighted by Gasteiger charge is -2.15. The lowest BCUT2D eigenvalue weighted by molar-refractivity contribution is 0.415. The molecule has 0 amide bonds. The second kappa shape index (κ2) is 7.76. The van der Waals surface area contributed by atoms with Crippen molar-refractivity contribution in [2.24, 2.45) is 0 Å². The number of rotatable bonds is 5. The Kier molecular flexibility index (Phi) is 5.13. The Morgan fingerprint density at radius 1 is 0.967 bits per heavy atom. The molecule has 0 spiro atoms. The summed E-state index contributed by atoms with van der Waals surface area (Å²) in [5.41, 5.74) is 0.723. The summed E-state index contributed by atoms with van der Waals surface area (Å²) in [6.45, 7) is 0.265. The zero-order chi connectivity index (χ0) is 21.3. The monoisotopic (exact) mass is 423 g/mol. The molecular weight excluding hydrogens is 405 g/mol. The molecule has 3 aromatic carbocycles. The van der Waals surface area contributed by atoms with Gasteiger partial charge in [0.1, 0.15) is 16.5 Å². The van der Waals surface area contributed by atoms with Gasteiger partial charge < -0.3 is 9.30 Å². The quantitative estimate of drug-likeness (QED) is 0.486. The first kappa shape index (κ1) is 19.8. The van der Waals surface area contributed by atoms with Gasteiger partial charge in [0.15, 0.2) is 0 Å². The molecule has 7 heteroatoms. The molecule has 0 saturated heterocycles. The number of methoxy groups -OCH3 is 1. The Bertz CT molecular complexity index is 1380. The van der Waals surface area contributed by atoms with Crippen LogP contribution >= 0.6 is 0 Å². The first-order valence-electron chi connectivity index (χ1n) is 9.16. The fourth-order valence-electron chi connectivity index (χ4n) is 3.31. The summed E-state index contributed by atoms with van der Waals surface area (Å²) in [5, 5.41) is 0.230.